The third-order valence-electron chi connectivity index (χ3n) is 1.52. The van der Waals surface area contributed by atoms with Gasteiger partial charge < -0.3 is 10.0 Å². The van der Waals surface area contributed by atoms with Crippen molar-refractivity contribution in [2.45, 2.75) is 6.42 Å². The Morgan fingerprint density at radius 3 is 3.00 bits per heavy atom. The van der Waals surface area contributed by atoms with Crippen LogP contribution in [-0.4, -0.2) is 39.8 Å². The molecule has 1 rings (SSSR count). The first-order valence-corrected chi connectivity index (χ1v) is 3.76. The van der Waals surface area contributed by atoms with E-state index in [-0.39, 0.29) is 6.42 Å². The Labute approximate surface area is 75.2 Å². The molecule has 0 atom stereocenters. The first kappa shape index (κ1) is 9.37. The molecule has 0 saturated heterocycles. The Morgan fingerprint density at radius 1 is 1.69 bits per heavy atom. The van der Waals surface area contributed by atoms with Crippen LogP contribution < -0.4 is 4.90 Å². The SMILES string of the molecule is CN(CCC(=O)O)c1cncnn1. The zero-order valence-corrected chi connectivity index (χ0v) is 7.21. The summed E-state index contributed by atoms with van der Waals surface area (Å²) in [6.45, 7) is 0.399. The van der Waals surface area contributed by atoms with Gasteiger partial charge in [0.1, 0.15) is 6.33 Å². The van der Waals surface area contributed by atoms with Crippen LogP contribution in [0.3, 0.4) is 0 Å². The Bertz CT molecular complexity index is 277. The maximum absolute atomic E-state index is 10.3. The molecule has 70 valence electrons. The number of aliphatic carboxylic acids is 1. The van der Waals surface area contributed by atoms with Crippen molar-refractivity contribution in [3.63, 3.8) is 0 Å². The molecule has 13 heavy (non-hydrogen) atoms. The minimum Gasteiger partial charge on any atom is -0.481 e. The van der Waals surface area contributed by atoms with Gasteiger partial charge in [-0.25, -0.2) is 4.98 Å². The second-order valence-electron chi connectivity index (χ2n) is 2.53. The fraction of sp³-hybridized carbons (Fsp3) is 0.429. The normalized spacial score (nSPS) is 9.62. The topological polar surface area (TPSA) is 79.2 Å². The van der Waals surface area contributed by atoms with Crippen molar-refractivity contribution < 1.29 is 9.90 Å². The molecule has 1 N–H and O–H groups in total. The molecule has 0 aliphatic carbocycles. The van der Waals surface area contributed by atoms with Gasteiger partial charge >= 0.3 is 5.97 Å². The summed E-state index contributed by atoms with van der Waals surface area (Å²) in [4.78, 5) is 15.7. The quantitative estimate of drug-likeness (QED) is 0.693. The predicted molar refractivity (Wildman–Crippen MR) is 45.3 cm³/mol. The van der Waals surface area contributed by atoms with Gasteiger partial charge in [-0.2, -0.15) is 0 Å². The predicted octanol–water partition coefficient (Wildman–Crippen LogP) is -0.218. The van der Waals surface area contributed by atoms with Crippen LogP contribution in [0, 0.1) is 0 Å². The fourth-order valence-electron chi connectivity index (χ4n) is 0.793. The van der Waals surface area contributed by atoms with Crippen molar-refractivity contribution in [3.05, 3.63) is 12.5 Å². The Hall–Kier alpha value is -1.72. The highest BCUT2D eigenvalue weighted by Crippen LogP contribution is 2.03. The van der Waals surface area contributed by atoms with Crippen LogP contribution >= 0.6 is 0 Å². The van der Waals surface area contributed by atoms with E-state index in [4.69, 9.17) is 5.11 Å². The minimum atomic E-state index is -0.830. The molecule has 0 fully saturated rings. The Balaban J connectivity index is 2.49. The van der Waals surface area contributed by atoms with E-state index >= 15 is 0 Å². The highest BCUT2D eigenvalue weighted by Gasteiger charge is 2.04. The summed E-state index contributed by atoms with van der Waals surface area (Å²) < 4.78 is 0. The van der Waals surface area contributed by atoms with Crippen LogP contribution in [0.25, 0.3) is 0 Å². The molecule has 0 unspecified atom stereocenters. The zero-order chi connectivity index (χ0) is 9.68. The molecule has 1 aromatic rings. The molecule has 6 heteroatoms. The molecule has 0 aliphatic heterocycles. The number of nitrogens with zero attached hydrogens (tertiary/aromatic N) is 4. The van der Waals surface area contributed by atoms with E-state index in [9.17, 15) is 4.79 Å². The lowest BCUT2D eigenvalue weighted by molar-refractivity contribution is -0.136. The lowest BCUT2D eigenvalue weighted by atomic mass is 10.4. The largest absolute Gasteiger partial charge is 0.481 e. The molecule has 0 bridgehead atoms. The Morgan fingerprint density at radius 2 is 2.46 bits per heavy atom. The number of rotatable bonds is 4. The summed E-state index contributed by atoms with van der Waals surface area (Å²) in [5.41, 5.74) is 0. The summed E-state index contributed by atoms with van der Waals surface area (Å²) in [6.07, 6.45) is 2.94. The van der Waals surface area contributed by atoms with Gasteiger partial charge in [0.05, 0.1) is 12.6 Å². The summed E-state index contributed by atoms with van der Waals surface area (Å²) in [7, 11) is 1.74. The molecular formula is C7H10N4O2. The molecule has 0 aromatic carbocycles. The maximum Gasteiger partial charge on any atom is 0.305 e. The molecule has 1 aromatic heterocycles. The van der Waals surface area contributed by atoms with Crippen LogP contribution in [-0.2, 0) is 4.79 Å². The first-order chi connectivity index (χ1) is 6.20. The van der Waals surface area contributed by atoms with Crippen LogP contribution in [0.4, 0.5) is 5.82 Å². The van der Waals surface area contributed by atoms with E-state index in [1.807, 2.05) is 0 Å². The summed E-state index contributed by atoms with van der Waals surface area (Å²) >= 11 is 0. The molecule has 0 radical (unpaired) electrons. The van der Waals surface area contributed by atoms with Gasteiger partial charge in [0.25, 0.3) is 0 Å². The van der Waals surface area contributed by atoms with Gasteiger partial charge in [-0.05, 0) is 0 Å². The van der Waals surface area contributed by atoms with Crippen molar-refractivity contribution >= 4 is 11.8 Å². The molecular weight excluding hydrogens is 172 g/mol. The third-order valence-corrected chi connectivity index (χ3v) is 1.52. The van der Waals surface area contributed by atoms with Crippen molar-refractivity contribution in [1.82, 2.24) is 15.2 Å². The number of aromatic nitrogens is 3. The van der Waals surface area contributed by atoms with Crippen LogP contribution in [0.5, 0.6) is 0 Å². The van der Waals surface area contributed by atoms with E-state index in [0.717, 1.165) is 0 Å². The number of hydrogen-bond acceptors (Lipinski definition) is 5. The maximum atomic E-state index is 10.3. The van der Waals surface area contributed by atoms with E-state index in [1.54, 1.807) is 11.9 Å². The number of carbonyl (C=O) groups is 1. The smallest absolute Gasteiger partial charge is 0.305 e. The number of hydrogen-bond donors (Lipinski definition) is 1. The highest BCUT2D eigenvalue weighted by molar-refractivity contribution is 5.67. The van der Waals surface area contributed by atoms with E-state index < -0.39 is 5.97 Å². The second kappa shape index (κ2) is 4.34. The lowest BCUT2D eigenvalue weighted by Gasteiger charge is -2.14. The van der Waals surface area contributed by atoms with Crippen LogP contribution in [0.1, 0.15) is 6.42 Å². The molecule has 6 nitrogen and oxygen atoms in total. The standard InChI is InChI=1S/C7H10N4O2/c1-11(3-2-7(12)13)6-4-8-5-9-10-6/h4-5H,2-3H2,1H3,(H,12,13). The monoisotopic (exact) mass is 182 g/mol. The second-order valence-corrected chi connectivity index (χ2v) is 2.53. The fourth-order valence-corrected chi connectivity index (χ4v) is 0.793. The molecule has 0 aliphatic rings. The van der Waals surface area contributed by atoms with Crippen LogP contribution in [0.15, 0.2) is 12.5 Å². The van der Waals surface area contributed by atoms with Crippen LogP contribution in [0.2, 0.25) is 0 Å². The summed E-state index contributed by atoms with van der Waals surface area (Å²) in [5.74, 6) is -0.257. The van der Waals surface area contributed by atoms with Crippen molar-refractivity contribution in [2.24, 2.45) is 0 Å². The Kier molecular flexibility index (Phi) is 3.13. The highest BCUT2D eigenvalue weighted by atomic mass is 16.4. The minimum absolute atomic E-state index is 0.0765. The van der Waals surface area contributed by atoms with Gasteiger partial charge in [-0.3, -0.25) is 4.79 Å². The molecule has 1 heterocycles. The molecule has 0 amide bonds. The first-order valence-electron chi connectivity index (χ1n) is 3.76. The van der Waals surface area contributed by atoms with E-state index in [1.165, 1.54) is 12.5 Å². The number of carboxylic acids is 1. The molecule has 0 spiro atoms. The van der Waals surface area contributed by atoms with E-state index in [2.05, 4.69) is 15.2 Å². The number of carboxylic acid groups (broad SMARTS) is 1. The van der Waals surface area contributed by atoms with Gasteiger partial charge in [0, 0.05) is 13.6 Å². The molecule has 0 saturated carbocycles. The average Bonchev–Trinajstić information content (AvgIpc) is 2.15. The average molecular weight is 182 g/mol. The zero-order valence-electron chi connectivity index (χ0n) is 7.21. The lowest BCUT2D eigenvalue weighted by Crippen LogP contribution is -2.22. The van der Waals surface area contributed by atoms with Gasteiger partial charge in [0.2, 0.25) is 0 Å². The third kappa shape index (κ3) is 3.02. The van der Waals surface area contributed by atoms with Crippen molar-refractivity contribution in [2.75, 3.05) is 18.5 Å². The summed E-state index contributed by atoms with van der Waals surface area (Å²) in [6, 6.07) is 0. The van der Waals surface area contributed by atoms with Crippen molar-refractivity contribution in [1.29, 1.82) is 0 Å². The van der Waals surface area contributed by atoms with Gasteiger partial charge in [-0.15, -0.1) is 10.2 Å². The van der Waals surface area contributed by atoms with Crippen molar-refractivity contribution in [3.8, 4) is 0 Å². The van der Waals surface area contributed by atoms with E-state index in [0.29, 0.717) is 12.4 Å². The van der Waals surface area contributed by atoms with Gasteiger partial charge in [0.15, 0.2) is 5.82 Å². The number of anilines is 1. The van der Waals surface area contributed by atoms with Gasteiger partial charge in [-0.1, -0.05) is 0 Å². The summed E-state index contributed by atoms with van der Waals surface area (Å²) in [5, 5.41) is 15.8.